The van der Waals surface area contributed by atoms with Crippen LogP contribution < -0.4 is 15.8 Å². The molecule has 3 N–H and O–H groups in total. The molecule has 42 heavy (non-hydrogen) atoms. The molecule has 0 fully saturated rings. The molecule has 9 nitrogen and oxygen atoms in total. The average Bonchev–Trinajstić information content (AvgIpc) is 3.28. The highest BCUT2D eigenvalue weighted by Crippen LogP contribution is 2.45. The van der Waals surface area contributed by atoms with Crippen LogP contribution in [0.15, 0.2) is 61.4 Å². The van der Waals surface area contributed by atoms with Gasteiger partial charge in [-0.1, -0.05) is 48.0 Å². The Morgan fingerprint density at radius 3 is 2.67 bits per heavy atom. The second-order valence-electron chi connectivity index (χ2n) is 9.24. The number of aryl methyl sites for hydroxylation is 2. The van der Waals surface area contributed by atoms with Crippen LogP contribution >= 0.6 is 23.2 Å². The van der Waals surface area contributed by atoms with E-state index in [1.54, 1.807) is 36.7 Å². The number of carbonyl (C=O) groups excluding carboxylic acids is 1. The van der Waals surface area contributed by atoms with Crippen molar-refractivity contribution in [3.05, 3.63) is 94.1 Å². The van der Waals surface area contributed by atoms with Crippen LogP contribution in [0.5, 0.6) is 11.8 Å². The van der Waals surface area contributed by atoms with Crippen molar-refractivity contribution >= 4 is 45.8 Å². The minimum Gasteiger partial charge on any atom is -0.421 e. The summed E-state index contributed by atoms with van der Waals surface area (Å²) in [7, 11) is 1.77. The molecule has 0 saturated heterocycles. The summed E-state index contributed by atoms with van der Waals surface area (Å²) in [4.78, 5) is 24.0. The van der Waals surface area contributed by atoms with Crippen molar-refractivity contribution in [3.63, 3.8) is 0 Å². The number of halogens is 3. The average molecular weight is 602 g/mol. The predicted octanol–water partition coefficient (Wildman–Crippen LogP) is 6.50. The van der Waals surface area contributed by atoms with Crippen LogP contribution in [-0.2, 0) is 18.4 Å². The highest BCUT2D eigenvalue weighted by atomic mass is 35.5. The quantitative estimate of drug-likeness (QED) is 0.203. The van der Waals surface area contributed by atoms with Gasteiger partial charge < -0.3 is 20.4 Å². The van der Waals surface area contributed by atoms with Crippen molar-refractivity contribution in [2.75, 3.05) is 5.73 Å². The molecule has 0 bridgehead atoms. The smallest absolute Gasteiger partial charge is 0.322 e. The van der Waals surface area contributed by atoms with Gasteiger partial charge in [-0.15, -0.1) is 0 Å². The summed E-state index contributed by atoms with van der Waals surface area (Å²) in [5, 5.41) is 13.8. The third-order valence-corrected chi connectivity index (χ3v) is 7.30. The van der Waals surface area contributed by atoms with Gasteiger partial charge in [0.25, 0.3) is 0 Å². The molecular weight excluding hydrogens is 580 g/mol. The number of carbonyl (C=O) groups is 1. The Labute approximate surface area is 250 Å². The number of nitriles is 1. The predicted molar refractivity (Wildman–Crippen MR) is 160 cm³/mol. The third-order valence-electron chi connectivity index (χ3n) is 6.62. The van der Waals surface area contributed by atoms with Gasteiger partial charge in [0, 0.05) is 30.9 Å². The molecule has 1 amide bonds. The lowest BCUT2D eigenvalue weighted by Crippen LogP contribution is -2.19. The SMILES string of the molecule is C=CC(=O)NCc1ccc(-c2c(-c3ccc(Oc4ncc(Cl)c(C)n4)c(F)c3)c3c(N)ncc(C#N)c3n2C)c(Cl)c1. The van der Waals surface area contributed by atoms with E-state index in [0.717, 1.165) is 5.56 Å². The summed E-state index contributed by atoms with van der Waals surface area (Å²) in [6, 6.07) is 11.8. The molecule has 0 spiro atoms. The Kier molecular flexibility index (Phi) is 7.81. The van der Waals surface area contributed by atoms with Crippen molar-refractivity contribution < 1.29 is 13.9 Å². The van der Waals surface area contributed by atoms with Crippen LogP contribution in [0.25, 0.3) is 33.3 Å². The maximum Gasteiger partial charge on any atom is 0.322 e. The molecule has 0 aliphatic rings. The van der Waals surface area contributed by atoms with Crippen LogP contribution in [0.4, 0.5) is 10.2 Å². The second-order valence-corrected chi connectivity index (χ2v) is 10.1. The van der Waals surface area contributed by atoms with E-state index in [4.69, 9.17) is 33.7 Å². The molecule has 210 valence electrons. The number of nitrogens with one attached hydrogen (secondary N) is 1. The topological polar surface area (TPSA) is 132 Å². The van der Waals surface area contributed by atoms with Gasteiger partial charge in [-0.2, -0.15) is 10.2 Å². The molecule has 0 unspecified atom stereocenters. The molecule has 0 aliphatic heterocycles. The van der Waals surface area contributed by atoms with Gasteiger partial charge in [0.15, 0.2) is 11.6 Å². The van der Waals surface area contributed by atoms with E-state index in [9.17, 15) is 10.1 Å². The zero-order chi connectivity index (χ0) is 30.1. The number of nitrogens with two attached hydrogens (primary N) is 1. The molecule has 3 heterocycles. The van der Waals surface area contributed by atoms with Crippen LogP contribution in [0.3, 0.4) is 0 Å². The Balaban J connectivity index is 1.67. The van der Waals surface area contributed by atoms with E-state index in [1.165, 1.54) is 30.6 Å². The number of amides is 1. The Morgan fingerprint density at radius 2 is 2.00 bits per heavy atom. The molecule has 5 rings (SSSR count). The van der Waals surface area contributed by atoms with Gasteiger partial charge in [-0.3, -0.25) is 4.79 Å². The van der Waals surface area contributed by atoms with E-state index in [2.05, 4.69) is 32.9 Å². The minimum atomic E-state index is -0.686. The number of hydrogen-bond acceptors (Lipinski definition) is 7. The fraction of sp³-hybridized carbons (Fsp3) is 0.100. The van der Waals surface area contributed by atoms with Crippen LogP contribution in [-0.4, -0.2) is 25.4 Å². The molecule has 0 radical (unpaired) electrons. The second kappa shape index (κ2) is 11.5. The summed E-state index contributed by atoms with van der Waals surface area (Å²) in [5.74, 6) is -0.944. The normalized spacial score (nSPS) is 10.9. The summed E-state index contributed by atoms with van der Waals surface area (Å²) < 4.78 is 22.9. The Bertz CT molecular complexity index is 1950. The number of nitrogens with zero attached hydrogens (tertiary/aromatic N) is 5. The van der Waals surface area contributed by atoms with Crippen molar-refractivity contribution in [2.45, 2.75) is 13.5 Å². The molecule has 5 aromatic rings. The number of aromatic nitrogens is 4. The molecule has 0 atom stereocenters. The molecule has 0 saturated carbocycles. The first-order valence-corrected chi connectivity index (χ1v) is 13.2. The van der Waals surface area contributed by atoms with Crippen LogP contribution in [0.1, 0.15) is 16.8 Å². The maximum atomic E-state index is 15.5. The maximum absolute atomic E-state index is 15.5. The summed E-state index contributed by atoms with van der Waals surface area (Å²) in [6.07, 6.45) is 3.95. The third kappa shape index (κ3) is 5.23. The monoisotopic (exact) mass is 601 g/mol. The van der Waals surface area contributed by atoms with Crippen LogP contribution in [0, 0.1) is 24.1 Å². The summed E-state index contributed by atoms with van der Waals surface area (Å²) in [5.41, 5.74) is 10.5. The first-order valence-electron chi connectivity index (χ1n) is 12.5. The van der Waals surface area contributed by atoms with Gasteiger partial charge in [0.05, 0.1) is 44.1 Å². The van der Waals surface area contributed by atoms with E-state index in [0.29, 0.717) is 49.0 Å². The number of fused-ring (bicyclic) bond motifs is 1. The van der Waals surface area contributed by atoms with E-state index < -0.39 is 5.82 Å². The lowest BCUT2D eigenvalue weighted by molar-refractivity contribution is -0.116. The molecule has 12 heteroatoms. The fourth-order valence-electron chi connectivity index (χ4n) is 4.63. The Morgan fingerprint density at radius 1 is 1.21 bits per heavy atom. The van der Waals surface area contributed by atoms with Crippen LogP contribution in [0.2, 0.25) is 10.0 Å². The van der Waals surface area contributed by atoms with E-state index >= 15 is 4.39 Å². The molecule has 0 aliphatic carbocycles. The highest BCUT2D eigenvalue weighted by molar-refractivity contribution is 6.34. The van der Waals surface area contributed by atoms with Crippen molar-refractivity contribution in [2.24, 2.45) is 7.05 Å². The standard InChI is InChI=1S/C30H22Cl2FN7O2/c1-4-24(41)36-12-16-5-7-19(20(31)9-16)28-25(26-27(40(28)3)18(11-34)13-37-29(26)35)17-6-8-23(22(33)10-17)42-30-38-14-21(32)15(2)39-30/h4-10,13-14H,1,12H2,2-3H3,(H2,35,37)(H,36,41). The molecule has 2 aromatic carbocycles. The zero-order valence-corrected chi connectivity index (χ0v) is 23.9. The number of anilines is 1. The number of ether oxygens (including phenoxy) is 1. The lowest BCUT2D eigenvalue weighted by Gasteiger charge is -2.13. The number of rotatable bonds is 7. The summed E-state index contributed by atoms with van der Waals surface area (Å²) >= 11 is 12.8. The Hall–Kier alpha value is -4.98. The lowest BCUT2D eigenvalue weighted by atomic mass is 9.97. The number of nitrogen functional groups attached to an aromatic ring is 1. The van der Waals surface area contributed by atoms with Crippen molar-refractivity contribution in [1.82, 2.24) is 24.8 Å². The van der Waals surface area contributed by atoms with Gasteiger partial charge in [0.2, 0.25) is 5.91 Å². The first-order chi connectivity index (χ1) is 20.1. The number of hydrogen-bond donors (Lipinski definition) is 2. The first kappa shape index (κ1) is 28.5. The van der Waals surface area contributed by atoms with Gasteiger partial charge in [-0.05, 0) is 42.3 Å². The van der Waals surface area contributed by atoms with Crippen molar-refractivity contribution in [1.29, 1.82) is 5.26 Å². The minimum absolute atomic E-state index is 0.0577. The highest BCUT2D eigenvalue weighted by Gasteiger charge is 2.25. The molecule has 3 aromatic heterocycles. The number of benzene rings is 2. The number of pyridine rings is 1. The van der Waals surface area contributed by atoms with Gasteiger partial charge in [0.1, 0.15) is 11.9 Å². The zero-order valence-electron chi connectivity index (χ0n) is 22.4. The molecular formula is C30H22Cl2FN7O2. The van der Waals surface area contributed by atoms with Gasteiger partial charge >= 0.3 is 6.01 Å². The van der Waals surface area contributed by atoms with E-state index in [-0.39, 0.29) is 35.6 Å². The largest absolute Gasteiger partial charge is 0.421 e. The van der Waals surface area contributed by atoms with E-state index in [1.807, 2.05) is 6.07 Å². The van der Waals surface area contributed by atoms with Gasteiger partial charge in [-0.25, -0.2) is 14.4 Å². The fourth-order valence-corrected chi connectivity index (χ4v) is 5.01. The summed E-state index contributed by atoms with van der Waals surface area (Å²) in [6.45, 7) is 5.37. The van der Waals surface area contributed by atoms with Crippen molar-refractivity contribution in [3.8, 4) is 40.2 Å².